The molecule has 3 rings (SSSR count). The van der Waals surface area contributed by atoms with Crippen molar-refractivity contribution in [3.05, 3.63) is 29.8 Å². The smallest absolute Gasteiger partial charge is 0.410 e. The number of hydrogen-bond donors (Lipinski definition) is 0. The summed E-state index contributed by atoms with van der Waals surface area (Å²) in [7, 11) is 0. The molecule has 2 aliphatic rings. The largest absolute Gasteiger partial charge is 0.450 e. The fourth-order valence-corrected chi connectivity index (χ4v) is 5.58. The number of likely N-dealkylation sites (tertiary alicyclic amines) is 2. The molecule has 3 unspecified atom stereocenters. The molecule has 6 nitrogen and oxygen atoms in total. The Kier molecular flexibility index (Phi) is 8.57. The van der Waals surface area contributed by atoms with Crippen LogP contribution >= 0.6 is 0 Å². The molecule has 2 aliphatic heterocycles. The van der Waals surface area contributed by atoms with Gasteiger partial charge in [0.25, 0.3) is 0 Å². The summed E-state index contributed by atoms with van der Waals surface area (Å²) in [5, 5.41) is 0. The molecule has 2 fully saturated rings. The van der Waals surface area contributed by atoms with Crippen molar-refractivity contribution >= 4 is 17.7 Å². The number of hydrogen-bond acceptors (Lipinski definition) is 4. The summed E-state index contributed by atoms with van der Waals surface area (Å²) in [5.74, 6) is 0.115. The third kappa shape index (κ3) is 5.64. The predicted molar refractivity (Wildman–Crippen MR) is 129 cm³/mol. The minimum absolute atomic E-state index is 0.115. The van der Waals surface area contributed by atoms with Crippen molar-refractivity contribution in [3.63, 3.8) is 0 Å². The van der Waals surface area contributed by atoms with Crippen LogP contribution in [0.4, 0.5) is 10.5 Å². The van der Waals surface area contributed by atoms with Crippen LogP contribution in [0.3, 0.4) is 0 Å². The molecule has 2 amide bonds. The molecule has 1 aromatic carbocycles. The van der Waals surface area contributed by atoms with Crippen molar-refractivity contribution in [3.8, 4) is 0 Å². The number of nitrogens with zero attached hydrogens (tertiary/aromatic N) is 3. The van der Waals surface area contributed by atoms with Gasteiger partial charge in [0.05, 0.1) is 6.61 Å². The minimum Gasteiger partial charge on any atom is -0.450 e. The quantitative estimate of drug-likeness (QED) is 0.596. The lowest BCUT2D eigenvalue weighted by molar-refractivity contribution is -0.117. The average Bonchev–Trinajstić information content (AvgIpc) is 3.14. The summed E-state index contributed by atoms with van der Waals surface area (Å²) in [4.78, 5) is 31.5. The average molecular weight is 444 g/mol. The van der Waals surface area contributed by atoms with E-state index >= 15 is 0 Å². The van der Waals surface area contributed by atoms with Gasteiger partial charge in [0, 0.05) is 49.9 Å². The Morgan fingerprint density at radius 1 is 1.09 bits per heavy atom. The topological polar surface area (TPSA) is 53.1 Å². The fraction of sp³-hybridized carbons (Fsp3) is 0.692. The van der Waals surface area contributed by atoms with Crippen LogP contribution in [0.15, 0.2) is 24.3 Å². The minimum atomic E-state index is -0.161. The van der Waals surface area contributed by atoms with Crippen LogP contribution < -0.4 is 4.90 Å². The Balaban J connectivity index is 1.61. The van der Waals surface area contributed by atoms with Crippen molar-refractivity contribution in [1.29, 1.82) is 0 Å². The number of anilines is 1. The Labute approximate surface area is 193 Å². The van der Waals surface area contributed by atoms with Crippen molar-refractivity contribution in [2.75, 3.05) is 24.6 Å². The summed E-state index contributed by atoms with van der Waals surface area (Å²) < 4.78 is 5.34. The van der Waals surface area contributed by atoms with Crippen LogP contribution in [0.5, 0.6) is 0 Å². The van der Waals surface area contributed by atoms with Crippen molar-refractivity contribution in [2.24, 2.45) is 0 Å². The van der Waals surface area contributed by atoms with Crippen LogP contribution in [-0.4, -0.2) is 65.7 Å². The van der Waals surface area contributed by atoms with Gasteiger partial charge in [0.2, 0.25) is 5.91 Å². The molecule has 2 saturated heterocycles. The van der Waals surface area contributed by atoms with Crippen LogP contribution in [0.25, 0.3) is 0 Å². The fourth-order valence-electron chi connectivity index (χ4n) is 5.58. The first kappa shape index (κ1) is 24.6. The van der Waals surface area contributed by atoms with Gasteiger partial charge in [-0.3, -0.25) is 4.79 Å². The van der Waals surface area contributed by atoms with Crippen LogP contribution in [0, 0.1) is 6.92 Å². The first-order chi connectivity index (χ1) is 15.3. The Morgan fingerprint density at radius 2 is 1.75 bits per heavy atom. The summed E-state index contributed by atoms with van der Waals surface area (Å²) in [6.07, 6.45) is 5.97. The highest BCUT2D eigenvalue weighted by molar-refractivity contribution is 5.92. The molecule has 178 valence electrons. The zero-order valence-electron chi connectivity index (χ0n) is 20.5. The number of ether oxygens (including phenoxy) is 1. The van der Waals surface area contributed by atoms with Crippen molar-refractivity contribution in [1.82, 2.24) is 9.80 Å². The summed E-state index contributed by atoms with van der Waals surface area (Å²) in [6, 6.07) is 9.47. The van der Waals surface area contributed by atoms with Gasteiger partial charge in [0.15, 0.2) is 0 Å². The normalized spacial score (nSPS) is 23.2. The molecular weight excluding hydrogens is 402 g/mol. The van der Waals surface area contributed by atoms with E-state index in [2.05, 4.69) is 49.9 Å². The highest BCUT2D eigenvalue weighted by atomic mass is 16.6. The number of carbonyl (C=O) groups is 2. The van der Waals surface area contributed by atoms with Gasteiger partial charge in [-0.2, -0.15) is 0 Å². The van der Waals surface area contributed by atoms with Gasteiger partial charge >= 0.3 is 6.09 Å². The Bertz CT molecular complexity index is 758. The van der Waals surface area contributed by atoms with E-state index in [4.69, 9.17) is 4.74 Å². The zero-order valence-corrected chi connectivity index (χ0v) is 20.5. The highest BCUT2D eigenvalue weighted by Crippen LogP contribution is 2.31. The third-order valence-electron chi connectivity index (χ3n) is 7.31. The summed E-state index contributed by atoms with van der Waals surface area (Å²) in [5.41, 5.74) is 2.20. The highest BCUT2D eigenvalue weighted by Gasteiger charge is 2.38. The monoisotopic (exact) mass is 443 g/mol. The zero-order chi connectivity index (χ0) is 23.3. The summed E-state index contributed by atoms with van der Waals surface area (Å²) >= 11 is 0. The second-order valence-corrected chi connectivity index (χ2v) is 9.48. The van der Waals surface area contributed by atoms with E-state index in [9.17, 15) is 9.59 Å². The molecule has 0 saturated carbocycles. The van der Waals surface area contributed by atoms with E-state index in [0.717, 1.165) is 57.3 Å². The van der Waals surface area contributed by atoms with Crippen LogP contribution in [-0.2, 0) is 9.53 Å². The van der Waals surface area contributed by atoms with E-state index in [-0.39, 0.29) is 30.1 Å². The molecule has 32 heavy (non-hydrogen) atoms. The lowest BCUT2D eigenvalue weighted by Crippen LogP contribution is -2.51. The second-order valence-electron chi connectivity index (χ2n) is 9.48. The SMILES string of the molecule is CCOC(=O)N1C(C)CCC1CC(CC)N1CCC(N(C(C)=O)c2ccc(C)cc2)CC1. The van der Waals surface area contributed by atoms with Gasteiger partial charge in [-0.25, -0.2) is 4.79 Å². The Hall–Kier alpha value is -2.08. The van der Waals surface area contributed by atoms with E-state index in [1.807, 2.05) is 16.7 Å². The number of amides is 2. The van der Waals surface area contributed by atoms with Crippen LogP contribution in [0.1, 0.15) is 71.8 Å². The van der Waals surface area contributed by atoms with E-state index in [1.165, 1.54) is 5.56 Å². The standard InChI is InChI=1S/C26H41N3O3/c1-6-22(18-25-13-10-20(4)28(25)26(31)32-7-2)27-16-14-24(15-17-27)29(21(5)30)23-11-8-19(3)9-12-23/h8-9,11-12,20,22,24-25H,6-7,10,13-18H2,1-5H3. The predicted octanol–water partition coefficient (Wildman–Crippen LogP) is 4.99. The molecular formula is C26H41N3O3. The maximum Gasteiger partial charge on any atom is 0.410 e. The van der Waals surface area contributed by atoms with Gasteiger partial charge in [-0.05, 0) is 71.4 Å². The van der Waals surface area contributed by atoms with Gasteiger partial charge in [-0.1, -0.05) is 24.6 Å². The molecule has 0 aromatic heterocycles. The molecule has 0 spiro atoms. The molecule has 0 radical (unpaired) electrons. The van der Waals surface area contributed by atoms with Gasteiger partial charge in [0.1, 0.15) is 0 Å². The van der Waals surface area contributed by atoms with Crippen molar-refractivity contribution < 1.29 is 14.3 Å². The maximum absolute atomic E-state index is 12.5. The molecule has 0 N–H and O–H groups in total. The van der Waals surface area contributed by atoms with E-state index in [0.29, 0.717) is 12.6 Å². The lowest BCUT2D eigenvalue weighted by Gasteiger charge is -2.42. The van der Waals surface area contributed by atoms with E-state index < -0.39 is 0 Å². The number of piperidine rings is 1. The van der Waals surface area contributed by atoms with Gasteiger partial charge in [-0.15, -0.1) is 0 Å². The molecule has 3 atom stereocenters. The molecule has 2 heterocycles. The first-order valence-corrected chi connectivity index (χ1v) is 12.4. The summed E-state index contributed by atoms with van der Waals surface area (Å²) in [6.45, 7) is 12.4. The van der Waals surface area contributed by atoms with Crippen LogP contribution in [0.2, 0.25) is 0 Å². The lowest BCUT2D eigenvalue weighted by atomic mass is 9.96. The third-order valence-corrected chi connectivity index (χ3v) is 7.31. The number of rotatable bonds is 7. The van der Waals surface area contributed by atoms with Gasteiger partial charge < -0.3 is 19.4 Å². The molecule has 1 aromatic rings. The van der Waals surface area contributed by atoms with Crippen molar-refractivity contribution in [2.45, 2.75) is 97.3 Å². The second kappa shape index (κ2) is 11.2. The molecule has 0 bridgehead atoms. The van der Waals surface area contributed by atoms with E-state index in [1.54, 1.807) is 6.92 Å². The Morgan fingerprint density at radius 3 is 2.31 bits per heavy atom. The number of carbonyl (C=O) groups excluding carboxylic acids is 2. The maximum atomic E-state index is 12.5. The number of aryl methyl sites for hydroxylation is 1. The molecule has 0 aliphatic carbocycles. The number of benzene rings is 1. The molecule has 6 heteroatoms. The first-order valence-electron chi connectivity index (χ1n) is 12.4.